The van der Waals surface area contributed by atoms with E-state index in [1.54, 1.807) is 19.2 Å². The Labute approximate surface area is 151 Å². The molecule has 2 aromatic carbocycles. The highest BCUT2D eigenvalue weighted by molar-refractivity contribution is 5.87. The Kier molecular flexibility index (Phi) is 4.42. The number of likely N-dealkylation sites (tertiary alicyclic amines) is 1. The van der Waals surface area contributed by atoms with Gasteiger partial charge in [-0.1, -0.05) is 12.1 Å². The first-order valence-corrected chi connectivity index (χ1v) is 8.66. The van der Waals surface area contributed by atoms with Crippen molar-refractivity contribution in [2.75, 3.05) is 27.0 Å². The summed E-state index contributed by atoms with van der Waals surface area (Å²) in [6, 6.07) is 11.1. The first-order chi connectivity index (χ1) is 12.6. The number of aromatic carboxylic acids is 1. The summed E-state index contributed by atoms with van der Waals surface area (Å²) in [5, 5.41) is 9.02. The number of carboxylic acid groups (broad SMARTS) is 1. The highest BCUT2D eigenvalue weighted by Crippen LogP contribution is 2.39. The second-order valence-corrected chi connectivity index (χ2v) is 6.67. The lowest BCUT2D eigenvalue weighted by molar-refractivity contribution is 0.0697. The largest absolute Gasteiger partial charge is 0.496 e. The van der Waals surface area contributed by atoms with Crippen molar-refractivity contribution in [3.63, 3.8) is 0 Å². The fraction of sp³-hybridized carbons (Fsp3) is 0.350. The van der Waals surface area contributed by atoms with E-state index in [0.29, 0.717) is 11.5 Å². The van der Waals surface area contributed by atoms with Gasteiger partial charge in [-0.2, -0.15) is 0 Å². The Bertz CT molecular complexity index is 818. The summed E-state index contributed by atoms with van der Waals surface area (Å²) < 4.78 is 16.4. The fourth-order valence-corrected chi connectivity index (χ4v) is 3.67. The van der Waals surface area contributed by atoms with Gasteiger partial charge in [-0.25, -0.2) is 4.79 Å². The van der Waals surface area contributed by atoms with E-state index in [-0.39, 0.29) is 6.79 Å². The zero-order chi connectivity index (χ0) is 18.1. The van der Waals surface area contributed by atoms with E-state index < -0.39 is 5.97 Å². The molecule has 2 aliphatic heterocycles. The van der Waals surface area contributed by atoms with Crippen LogP contribution in [0.25, 0.3) is 0 Å². The number of hydrogen-bond donors (Lipinski definition) is 1. The number of ether oxygens (including phenoxy) is 3. The number of nitrogens with zero attached hydrogens (tertiary/aromatic N) is 1. The van der Waals surface area contributed by atoms with Crippen LogP contribution in [0.5, 0.6) is 17.2 Å². The summed E-state index contributed by atoms with van der Waals surface area (Å²) in [4.78, 5) is 13.4. The molecule has 0 radical (unpaired) electrons. The van der Waals surface area contributed by atoms with Gasteiger partial charge in [0.1, 0.15) is 5.75 Å². The van der Waals surface area contributed by atoms with Gasteiger partial charge < -0.3 is 19.3 Å². The number of methoxy groups -OCH3 is 1. The summed E-state index contributed by atoms with van der Waals surface area (Å²) in [6.07, 6.45) is 1.05. The monoisotopic (exact) mass is 355 g/mol. The molecule has 0 spiro atoms. The van der Waals surface area contributed by atoms with E-state index in [9.17, 15) is 4.79 Å². The van der Waals surface area contributed by atoms with Crippen LogP contribution in [0.3, 0.4) is 0 Å². The maximum Gasteiger partial charge on any atom is 0.335 e. The molecule has 0 aliphatic carbocycles. The molecule has 26 heavy (non-hydrogen) atoms. The van der Waals surface area contributed by atoms with Gasteiger partial charge in [-0.15, -0.1) is 0 Å². The molecule has 2 aromatic rings. The molecular weight excluding hydrogens is 334 g/mol. The van der Waals surface area contributed by atoms with Crippen molar-refractivity contribution >= 4 is 5.97 Å². The number of carbonyl (C=O) groups is 1. The van der Waals surface area contributed by atoms with Crippen LogP contribution in [-0.2, 0) is 6.54 Å². The fourth-order valence-electron chi connectivity index (χ4n) is 3.67. The minimum absolute atomic E-state index is 0.250. The van der Waals surface area contributed by atoms with Crippen molar-refractivity contribution in [1.29, 1.82) is 0 Å². The van der Waals surface area contributed by atoms with E-state index in [1.807, 2.05) is 24.3 Å². The first kappa shape index (κ1) is 16.7. The maximum absolute atomic E-state index is 11.0. The van der Waals surface area contributed by atoms with E-state index >= 15 is 0 Å². The normalized spacial score (nSPS) is 18.9. The third kappa shape index (κ3) is 3.20. The molecule has 1 atom stereocenters. The van der Waals surface area contributed by atoms with E-state index in [1.165, 1.54) is 5.56 Å². The summed E-state index contributed by atoms with van der Waals surface area (Å²) in [5.74, 6) is 1.82. The van der Waals surface area contributed by atoms with Crippen LogP contribution in [0.2, 0.25) is 0 Å². The van der Waals surface area contributed by atoms with Gasteiger partial charge in [0, 0.05) is 24.7 Å². The van der Waals surface area contributed by atoms with Gasteiger partial charge in [0.2, 0.25) is 6.79 Å². The molecule has 0 bridgehead atoms. The Balaban J connectivity index is 1.45. The third-order valence-corrected chi connectivity index (χ3v) is 5.07. The first-order valence-electron chi connectivity index (χ1n) is 8.66. The number of rotatable bonds is 5. The smallest absolute Gasteiger partial charge is 0.335 e. The van der Waals surface area contributed by atoms with Crippen LogP contribution in [0.4, 0.5) is 0 Å². The lowest BCUT2D eigenvalue weighted by Gasteiger charge is -2.18. The second-order valence-electron chi connectivity index (χ2n) is 6.67. The average molecular weight is 355 g/mol. The molecule has 4 rings (SSSR count). The molecule has 136 valence electrons. The number of benzene rings is 2. The molecule has 2 aliphatic rings. The predicted octanol–water partition coefficient (Wildman–Crippen LogP) is 3.11. The average Bonchev–Trinajstić information content (AvgIpc) is 3.30. The van der Waals surface area contributed by atoms with Crippen LogP contribution in [0, 0.1) is 0 Å². The van der Waals surface area contributed by atoms with Crippen molar-refractivity contribution in [3.05, 3.63) is 53.1 Å². The molecule has 2 heterocycles. The second kappa shape index (κ2) is 6.88. The van der Waals surface area contributed by atoms with Crippen LogP contribution < -0.4 is 14.2 Å². The highest BCUT2D eigenvalue weighted by atomic mass is 16.7. The molecule has 0 amide bonds. The van der Waals surface area contributed by atoms with Gasteiger partial charge in [0.05, 0.1) is 12.7 Å². The Morgan fingerprint density at radius 2 is 1.96 bits per heavy atom. The molecule has 1 saturated heterocycles. The van der Waals surface area contributed by atoms with Crippen molar-refractivity contribution in [2.24, 2.45) is 0 Å². The van der Waals surface area contributed by atoms with Gasteiger partial charge in [-0.3, -0.25) is 4.90 Å². The Morgan fingerprint density at radius 3 is 2.65 bits per heavy atom. The standard InChI is InChI=1S/C20H21NO5/c1-24-17-9-19-18(25-12-26-19)8-16(17)11-21-7-6-15(10-21)13-2-4-14(5-3-13)20(22)23/h2-5,8-9,15H,6-7,10-12H2,1H3,(H,22,23)/t15-/m1/s1. The summed E-state index contributed by atoms with van der Waals surface area (Å²) in [5.41, 5.74) is 2.60. The molecule has 0 saturated carbocycles. The highest BCUT2D eigenvalue weighted by Gasteiger charge is 2.26. The molecular formula is C20H21NO5. The van der Waals surface area contributed by atoms with Gasteiger partial charge >= 0.3 is 5.97 Å². The van der Waals surface area contributed by atoms with Crippen molar-refractivity contribution in [1.82, 2.24) is 4.90 Å². The van der Waals surface area contributed by atoms with Crippen LogP contribution in [0.15, 0.2) is 36.4 Å². The van der Waals surface area contributed by atoms with Gasteiger partial charge in [0.15, 0.2) is 11.5 Å². The zero-order valence-corrected chi connectivity index (χ0v) is 14.6. The van der Waals surface area contributed by atoms with Crippen LogP contribution >= 0.6 is 0 Å². The van der Waals surface area contributed by atoms with E-state index in [4.69, 9.17) is 19.3 Å². The molecule has 1 N–H and O–H groups in total. The maximum atomic E-state index is 11.0. The van der Waals surface area contributed by atoms with Gasteiger partial charge in [0.25, 0.3) is 0 Å². The topological polar surface area (TPSA) is 68.2 Å². The summed E-state index contributed by atoms with van der Waals surface area (Å²) in [7, 11) is 1.66. The van der Waals surface area contributed by atoms with E-state index in [2.05, 4.69) is 4.90 Å². The minimum Gasteiger partial charge on any atom is -0.496 e. The molecule has 6 nitrogen and oxygen atoms in total. The quantitative estimate of drug-likeness (QED) is 0.889. The lowest BCUT2D eigenvalue weighted by atomic mass is 9.97. The van der Waals surface area contributed by atoms with Crippen molar-refractivity contribution < 1.29 is 24.1 Å². The van der Waals surface area contributed by atoms with Crippen molar-refractivity contribution in [3.8, 4) is 17.2 Å². The van der Waals surface area contributed by atoms with Crippen LogP contribution in [0.1, 0.15) is 33.8 Å². The number of hydrogen-bond acceptors (Lipinski definition) is 5. The molecule has 0 aromatic heterocycles. The number of carboxylic acids is 1. The third-order valence-electron chi connectivity index (χ3n) is 5.07. The summed E-state index contributed by atoms with van der Waals surface area (Å²) in [6.45, 7) is 2.95. The minimum atomic E-state index is -0.889. The zero-order valence-electron chi connectivity index (χ0n) is 14.6. The summed E-state index contributed by atoms with van der Waals surface area (Å²) >= 11 is 0. The Morgan fingerprint density at radius 1 is 1.23 bits per heavy atom. The molecule has 6 heteroatoms. The van der Waals surface area contributed by atoms with Crippen molar-refractivity contribution in [2.45, 2.75) is 18.9 Å². The van der Waals surface area contributed by atoms with Crippen LogP contribution in [-0.4, -0.2) is 43.0 Å². The number of fused-ring (bicyclic) bond motifs is 1. The predicted molar refractivity (Wildman–Crippen MR) is 95.2 cm³/mol. The molecule has 0 unspecified atom stereocenters. The Hall–Kier alpha value is -2.73. The lowest BCUT2D eigenvalue weighted by Crippen LogP contribution is -2.20. The van der Waals surface area contributed by atoms with Gasteiger partial charge in [-0.05, 0) is 42.6 Å². The van der Waals surface area contributed by atoms with E-state index in [0.717, 1.165) is 48.9 Å². The SMILES string of the molecule is COc1cc2c(cc1CN1CC[C@@H](c3ccc(C(=O)O)cc3)C1)OCO2. The molecule has 1 fully saturated rings.